The zero-order chi connectivity index (χ0) is 19.7. The van der Waals surface area contributed by atoms with Crippen LogP contribution in [0.2, 0.25) is 0 Å². The normalized spacial score (nSPS) is 12.4. The number of rotatable bonds is 11. The first-order chi connectivity index (χ1) is 12.3. The molecule has 0 aliphatic carbocycles. The molecule has 1 aromatic rings. The van der Waals surface area contributed by atoms with Crippen LogP contribution >= 0.6 is 12.4 Å². The number of carbonyl (C=O) groups is 1. The van der Waals surface area contributed by atoms with Gasteiger partial charge >= 0.3 is 0 Å². The summed E-state index contributed by atoms with van der Waals surface area (Å²) in [7, 11) is -3.59. The molecule has 1 unspecified atom stereocenters. The van der Waals surface area contributed by atoms with E-state index in [1.54, 1.807) is 26.0 Å². The quantitative estimate of drug-likeness (QED) is 0.510. The van der Waals surface area contributed by atoms with E-state index in [1.165, 1.54) is 10.4 Å². The van der Waals surface area contributed by atoms with Crippen molar-refractivity contribution in [2.24, 2.45) is 5.73 Å². The number of carbonyl (C=O) groups excluding carboxylic acids is 1. The molecule has 156 valence electrons. The number of amides is 1. The fourth-order valence-electron chi connectivity index (χ4n) is 2.49. The van der Waals surface area contributed by atoms with Crippen molar-refractivity contribution in [3.63, 3.8) is 0 Å². The van der Waals surface area contributed by atoms with Gasteiger partial charge in [0, 0.05) is 32.1 Å². The van der Waals surface area contributed by atoms with E-state index in [-0.39, 0.29) is 35.7 Å². The zero-order valence-corrected chi connectivity index (χ0v) is 18.3. The first kappa shape index (κ1) is 25.6. The summed E-state index contributed by atoms with van der Waals surface area (Å²) in [5, 5.41) is 6.04. The molecule has 4 N–H and O–H groups in total. The fraction of sp³-hybridized carbons (Fsp3) is 0.611. The number of halogens is 1. The summed E-state index contributed by atoms with van der Waals surface area (Å²) in [6.45, 7) is 9.00. The van der Waals surface area contributed by atoms with Gasteiger partial charge in [-0.25, -0.2) is 8.42 Å². The van der Waals surface area contributed by atoms with E-state index in [4.69, 9.17) is 5.73 Å². The van der Waals surface area contributed by atoms with Gasteiger partial charge in [0.05, 0.1) is 16.3 Å². The Balaban J connectivity index is 0.00000676. The lowest BCUT2D eigenvalue weighted by atomic mass is 10.2. The Kier molecular flexibility index (Phi) is 11.6. The lowest BCUT2D eigenvalue weighted by Gasteiger charge is -2.20. The molecule has 0 spiro atoms. The van der Waals surface area contributed by atoms with Crippen LogP contribution in [0, 0.1) is 0 Å². The summed E-state index contributed by atoms with van der Waals surface area (Å²) in [4.78, 5) is 12.4. The highest BCUT2D eigenvalue weighted by Crippen LogP contribution is 2.27. The molecule has 9 heteroatoms. The molecule has 0 aromatic heterocycles. The third-order valence-corrected chi connectivity index (χ3v) is 6.05. The molecular weight excluding hydrogens is 388 g/mol. The standard InChI is InChI=1S/C18H32N4O3S.ClH/c1-5-12-20-16-10-9-15(26(24,25)22(6-2)7-3)13-17(16)21-18(23)11-8-14(4)19;/h9-10,13-14,20H,5-8,11-12,19H2,1-4H3,(H,21,23);1H. The van der Waals surface area contributed by atoms with Crippen molar-refractivity contribution in [1.29, 1.82) is 0 Å². The second-order valence-corrected chi connectivity index (χ2v) is 8.23. The van der Waals surface area contributed by atoms with Crippen molar-refractivity contribution in [2.45, 2.75) is 57.9 Å². The molecule has 0 aliphatic heterocycles. The van der Waals surface area contributed by atoms with Gasteiger partial charge in [-0.05, 0) is 38.0 Å². The Bertz CT molecular complexity index is 692. The summed E-state index contributed by atoms with van der Waals surface area (Å²) in [6, 6.07) is 4.74. The number of sulfonamides is 1. The number of nitrogens with one attached hydrogen (secondary N) is 2. The molecule has 0 fully saturated rings. The number of hydrogen-bond acceptors (Lipinski definition) is 5. The van der Waals surface area contributed by atoms with E-state index in [2.05, 4.69) is 10.6 Å². The van der Waals surface area contributed by atoms with Gasteiger partial charge in [-0.15, -0.1) is 12.4 Å². The Morgan fingerprint density at radius 1 is 1.19 bits per heavy atom. The van der Waals surface area contributed by atoms with Gasteiger partial charge in [-0.3, -0.25) is 4.79 Å². The Morgan fingerprint density at radius 3 is 2.33 bits per heavy atom. The average molecular weight is 421 g/mol. The van der Waals surface area contributed by atoms with Crippen LogP contribution in [-0.4, -0.2) is 44.3 Å². The maximum absolute atomic E-state index is 12.7. The maximum atomic E-state index is 12.7. The predicted octanol–water partition coefficient (Wildman–Crippen LogP) is 3.03. The Labute approximate surface area is 169 Å². The van der Waals surface area contributed by atoms with Gasteiger partial charge in [0.15, 0.2) is 0 Å². The number of nitrogens with two attached hydrogens (primary N) is 1. The van der Waals surface area contributed by atoms with Gasteiger partial charge in [-0.2, -0.15) is 4.31 Å². The molecule has 0 saturated carbocycles. The molecule has 0 heterocycles. The van der Waals surface area contributed by atoms with Crippen molar-refractivity contribution in [3.05, 3.63) is 18.2 Å². The molecule has 0 radical (unpaired) electrons. The maximum Gasteiger partial charge on any atom is 0.243 e. The second kappa shape index (κ2) is 12.2. The molecule has 1 amide bonds. The van der Waals surface area contributed by atoms with Crippen molar-refractivity contribution >= 4 is 39.7 Å². The molecule has 27 heavy (non-hydrogen) atoms. The van der Waals surface area contributed by atoms with Gasteiger partial charge in [0.25, 0.3) is 0 Å². The molecule has 1 rings (SSSR count). The van der Waals surface area contributed by atoms with Gasteiger partial charge in [0.1, 0.15) is 0 Å². The van der Waals surface area contributed by atoms with Crippen LogP contribution in [0.15, 0.2) is 23.1 Å². The molecule has 1 aromatic carbocycles. The van der Waals surface area contributed by atoms with E-state index in [9.17, 15) is 13.2 Å². The number of benzene rings is 1. The number of nitrogens with zero attached hydrogens (tertiary/aromatic N) is 1. The van der Waals surface area contributed by atoms with Gasteiger partial charge in [0.2, 0.25) is 15.9 Å². The van der Waals surface area contributed by atoms with Crippen molar-refractivity contribution in [2.75, 3.05) is 30.3 Å². The van der Waals surface area contributed by atoms with Crippen LogP contribution < -0.4 is 16.4 Å². The zero-order valence-electron chi connectivity index (χ0n) is 16.6. The van der Waals surface area contributed by atoms with Crippen LogP contribution in [0.1, 0.15) is 47.0 Å². The lowest BCUT2D eigenvalue weighted by molar-refractivity contribution is -0.116. The summed E-state index contributed by atoms with van der Waals surface area (Å²) >= 11 is 0. The van der Waals surface area contributed by atoms with Crippen molar-refractivity contribution in [1.82, 2.24) is 4.31 Å². The monoisotopic (exact) mass is 420 g/mol. The van der Waals surface area contributed by atoms with Gasteiger partial charge < -0.3 is 16.4 Å². The topological polar surface area (TPSA) is 105 Å². The van der Waals surface area contributed by atoms with Gasteiger partial charge in [-0.1, -0.05) is 20.8 Å². The van der Waals surface area contributed by atoms with E-state index >= 15 is 0 Å². The van der Waals surface area contributed by atoms with E-state index in [0.717, 1.165) is 13.0 Å². The minimum absolute atomic E-state index is 0. The minimum atomic E-state index is -3.59. The highest BCUT2D eigenvalue weighted by atomic mass is 35.5. The summed E-state index contributed by atoms with van der Waals surface area (Å²) < 4.78 is 26.9. The highest BCUT2D eigenvalue weighted by molar-refractivity contribution is 7.89. The first-order valence-corrected chi connectivity index (χ1v) is 10.6. The third-order valence-electron chi connectivity index (χ3n) is 4.00. The van der Waals surface area contributed by atoms with Crippen LogP contribution in [0.4, 0.5) is 11.4 Å². The van der Waals surface area contributed by atoms with Crippen LogP contribution in [0.3, 0.4) is 0 Å². The average Bonchev–Trinajstić information content (AvgIpc) is 2.59. The SMILES string of the molecule is CCCNc1ccc(S(=O)(=O)N(CC)CC)cc1NC(=O)CCC(C)N.Cl. The molecule has 7 nitrogen and oxygen atoms in total. The molecule has 0 aliphatic rings. The number of anilines is 2. The highest BCUT2D eigenvalue weighted by Gasteiger charge is 2.23. The van der Waals surface area contributed by atoms with Crippen molar-refractivity contribution in [3.8, 4) is 0 Å². The summed E-state index contributed by atoms with van der Waals surface area (Å²) in [6.07, 6.45) is 1.77. The second-order valence-electron chi connectivity index (χ2n) is 6.29. The molecule has 0 bridgehead atoms. The van der Waals surface area contributed by atoms with Crippen LogP contribution in [-0.2, 0) is 14.8 Å². The Hall–Kier alpha value is -1.35. The van der Waals surface area contributed by atoms with Crippen LogP contribution in [0.25, 0.3) is 0 Å². The van der Waals surface area contributed by atoms with Crippen LogP contribution in [0.5, 0.6) is 0 Å². The largest absolute Gasteiger partial charge is 0.383 e. The smallest absolute Gasteiger partial charge is 0.243 e. The lowest BCUT2D eigenvalue weighted by Crippen LogP contribution is -2.30. The Morgan fingerprint density at radius 2 is 1.81 bits per heavy atom. The van der Waals surface area contributed by atoms with E-state index < -0.39 is 10.0 Å². The minimum Gasteiger partial charge on any atom is -0.383 e. The fourth-order valence-corrected chi connectivity index (χ4v) is 3.97. The van der Waals surface area contributed by atoms with E-state index in [1.807, 2.05) is 13.8 Å². The van der Waals surface area contributed by atoms with E-state index in [0.29, 0.717) is 30.9 Å². The molecule has 1 atom stereocenters. The third kappa shape index (κ3) is 7.65. The first-order valence-electron chi connectivity index (χ1n) is 9.19. The van der Waals surface area contributed by atoms with Crippen molar-refractivity contribution < 1.29 is 13.2 Å². The molecule has 0 saturated heterocycles. The molecular formula is C18H33ClN4O3S. The summed E-state index contributed by atoms with van der Waals surface area (Å²) in [5.74, 6) is -0.181. The summed E-state index contributed by atoms with van der Waals surface area (Å²) in [5.41, 5.74) is 6.88. The predicted molar refractivity (Wildman–Crippen MR) is 114 cm³/mol. The number of hydrogen-bond donors (Lipinski definition) is 3.